The molecule has 1 nitrogen and oxygen atoms in total. The topological polar surface area (TPSA) is 9.23 Å². The van der Waals surface area contributed by atoms with Gasteiger partial charge in [-0.15, -0.1) is 0 Å². The van der Waals surface area contributed by atoms with Crippen LogP contribution in [0, 0.1) is 0 Å². The highest BCUT2D eigenvalue weighted by atomic mass is 16.5. The SMILES string of the molecule is C=C(C)C1=C(C(=C)C)C2CCC1O2. The lowest BCUT2D eigenvalue weighted by Crippen LogP contribution is -2.10. The van der Waals surface area contributed by atoms with Crippen LogP contribution in [-0.4, -0.2) is 12.2 Å². The zero-order valence-corrected chi connectivity index (χ0v) is 8.39. The quantitative estimate of drug-likeness (QED) is 0.628. The summed E-state index contributed by atoms with van der Waals surface area (Å²) in [5.41, 5.74) is 4.93. The van der Waals surface area contributed by atoms with Gasteiger partial charge in [-0.05, 0) is 37.8 Å². The Morgan fingerprint density at radius 1 is 1.08 bits per heavy atom. The van der Waals surface area contributed by atoms with Crippen molar-refractivity contribution in [3.8, 4) is 0 Å². The fraction of sp³-hybridized carbons (Fsp3) is 0.500. The van der Waals surface area contributed by atoms with Gasteiger partial charge in [-0.1, -0.05) is 24.3 Å². The first-order chi connectivity index (χ1) is 6.11. The van der Waals surface area contributed by atoms with Gasteiger partial charge in [-0.3, -0.25) is 0 Å². The fourth-order valence-corrected chi connectivity index (χ4v) is 2.42. The Balaban J connectivity index is 2.46. The third-order valence-electron chi connectivity index (χ3n) is 2.87. The Morgan fingerprint density at radius 2 is 1.46 bits per heavy atom. The minimum absolute atomic E-state index is 0.314. The summed E-state index contributed by atoms with van der Waals surface area (Å²) >= 11 is 0. The van der Waals surface area contributed by atoms with Crippen LogP contribution in [0.3, 0.4) is 0 Å². The number of ether oxygens (including phenoxy) is 1. The van der Waals surface area contributed by atoms with E-state index in [1.54, 1.807) is 0 Å². The molecule has 70 valence electrons. The fourth-order valence-electron chi connectivity index (χ4n) is 2.42. The van der Waals surface area contributed by atoms with Gasteiger partial charge in [-0.2, -0.15) is 0 Å². The molecule has 1 saturated heterocycles. The van der Waals surface area contributed by atoms with E-state index in [9.17, 15) is 0 Å². The largest absolute Gasteiger partial charge is 0.366 e. The normalized spacial score (nSPS) is 31.2. The molecule has 0 aromatic heterocycles. The first-order valence-electron chi connectivity index (χ1n) is 4.82. The van der Waals surface area contributed by atoms with Crippen molar-refractivity contribution in [2.45, 2.75) is 38.9 Å². The van der Waals surface area contributed by atoms with E-state index in [1.807, 2.05) is 0 Å². The number of hydrogen-bond acceptors (Lipinski definition) is 1. The highest BCUT2D eigenvalue weighted by Crippen LogP contribution is 2.44. The zero-order chi connectivity index (χ0) is 9.59. The molecule has 1 heteroatoms. The van der Waals surface area contributed by atoms with Gasteiger partial charge in [0.15, 0.2) is 0 Å². The molecule has 0 saturated carbocycles. The maximum Gasteiger partial charge on any atom is 0.0840 e. The van der Waals surface area contributed by atoms with E-state index < -0.39 is 0 Å². The Hall–Kier alpha value is -0.820. The van der Waals surface area contributed by atoms with Crippen LogP contribution < -0.4 is 0 Å². The third-order valence-corrected chi connectivity index (χ3v) is 2.87. The monoisotopic (exact) mass is 176 g/mol. The van der Waals surface area contributed by atoms with Gasteiger partial charge >= 0.3 is 0 Å². The Morgan fingerprint density at radius 3 is 1.77 bits per heavy atom. The number of fused-ring (bicyclic) bond motifs is 2. The average Bonchev–Trinajstić information content (AvgIpc) is 2.60. The number of rotatable bonds is 2. The molecule has 0 radical (unpaired) electrons. The smallest absolute Gasteiger partial charge is 0.0840 e. The van der Waals surface area contributed by atoms with Gasteiger partial charge in [0.1, 0.15) is 0 Å². The summed E-state index contributed by atoms with van der Waals surface area (Å²) in [5, 5.41) is 0. The zero-order valence-electron chi connectivity index (χ0n) is 8.39. The second-order valence-electron chi connectivity index (χ2n) is 4.08. The summed E-state index contributed by atoms with van der Waals surface area (Å²) in [6, 6.07) is 0. The van der Waals surface area contributed by atoms with Crippen LogP contribution in [0.4, 0.5) is 0 Å². The molecule has 2 heterocycles. The van der Waals surface area contributed by atoms with Crippen molar-refractivity contribution < 1.29 is 4.74 Å². The lowest BCUT2D eigenvalue weighted by atomic mass is 9.85. The minimum Gasteiger partial charge on any atom is -0.366 e. The van der Waals surface area contributed by atoms with Crippen molar-refractivity contribution in [3.05, 3.63) is 35.5 Å². The molecule has 1 fully saturated rings. The van der Waals surface area contributed by atoms with Gasteiger partial charge in [0, 0.05) is 0 Å². The molecule has 0 amide bonds. The molecule has 0 spiro atoms. The van der Waals surface area contributed by atoms with E-state index in [2.05, 4.69) is 27.0 Å². The van der Waals surface area contributed by atoms with E-state index in [0.29, 0.717) is 12.2 Å². The standard InChI is InChI=1S/C12H16O/c1-7(2)11-9-5-6-10(13-9)12(11)8(3)4/h9-10H,1,3,5-6H2,2,4H3. The van der Waals surface area contributed by atoms with Crippen molar-refractivity contribution in [1.29, 1.82) is 0 Å². The van der Waals surface area contributed by atoms with Crippen LogP contribution in [0.1, 0.15) is 26.7 Å². The van der Waals surface area contributed by atoms with Crippen molar-refractivity contribution >= 4 is 0 Å². The van der Waals surface area contributed by atoms with Crippen LogP contribution in [0.25, 0.3) is 0 Å². The maximum atomic E-state index is 5.82. The molecule has 0 aromatic carbocycles. The summed E-state index contributed by atoms with van der Waals surface area (Å²) in [6.45, 7) is 12.1. The molecular formula is C12H16O. The predicted molar refractivity (Wildman–Crippen MR) is 54.5 cm³/mol. The van der Waals surface area contributed by atoms with Gasteiger partial charge in [-0.25, -0.2) is 0 Å². The van der Waals surface area contributed by atoms with Crippen molar-refractivity contribution in [2.75, 3.05) is 0 Å². The van der Waals surface area contributed by atoms with Crippen molar-refractivity contribution in [1.82, 2.24) is 0 Å². The van der Waals surface area contributed by atoms with Crippen LogP contribution in [0.15, 0.2) is 35.5 Å². The Kier molecular flexibility index (Phi) is 1.92. The molecule has 2 bridgehead atoms. The van der Waals surface area contributed by atoms with Crippen molar-refractivity contribution in [2.24, 2.45) is 0 Å². The molecule has 2 rings (SSSR count). The average molecular weight is 176 g/mol. The van der Waals surface area contributed by atoms with Gasteiger partial charge in [0.25, 0.3) is 0 Å². The van der Waals surface area contributed by atoms with E-state index >= 15 is 0 Å². The molecule has 2 aliphatic rings. The predicted octanol–water partition coefficient (Wildman–Crippen LogP) is 3.00. The minimum atomic E-state index is 0.314. The lowest BCUT2D eigenvalue weighted by Gasteiger charge is -2.16. The van der Waals surface area contributed by atoms with E-state index in [4.69, 9.17) is 4.74 Å². The summed E-state index contributed by atoms with van der Waals surface area (Å²) in [5.74, 6) is 0. The van der Waals surface area contributed by atoms with Crippen LogP contribution in [-0.2, 0) is 4.74 Å². The molecule has 0 N–H and O–H groups in total. The second kappa shape index (κ2) is 2.85. The first-order valence-corrected chi connectivity index (χ1v) is 4.82. The van der Waals surface area contributed by atoms with E-state index in [0.717, 1.165) is 24.0 Å². The van der Waals surface area contributed by atoms with E-state index in [1.165, 1.54) is 11.1 Å². The van der Waals surface area contributed by atoms with Crippen LogP contribution >= 0.6 is 0 Å². The molecule has 2 unspecified atom stereocenters. The second-order valence-corrected chi connectivity index (χ2v) is 4.08. The van der Waals surface area contributed by atoms with Gasteiger partial charge < -0.3 is 4.74 Å². The lowest BCUT2D eigenvalue weighted by molar-refractivity contribution is 0.113. The van der Waals surface area contributed by atoms with Gasteiger partial charge in [0.2, 0.25) is 0 Å². The maximum absolute atomic E-state index is 5.82. The summed E-state index contributed by atoms with van der Waals surface area (Å²) < 4.78 is 5.82. The first kappa shape index (κ1) is 8.76. The Labute approximate surface area is 79.8 Å². The third kappa shape index (κ3) is 1.19. The van der Waals surface area contributed by atoms with Gasteiger partial charge in [0.05, 0.1) is 12.2 Å². The highest BCUT2D eigenvalue weighted by Gasteiger charge is 2.40. The van der Waals surface area contributed by atoms with Crippen LogP contribution in [0.5, 0.6) is 0 Å². The molecule has 0 aliphatic carbocycles. The van der Waals surface area contributed by atoms with Crippen molar-refractivity contribution in [3.63, 3.8) is 0 Å². The molecule has 13 heavy (non-hydrogen) atoms. The summed E-state index contributed by atoms with van der Waals surface area (Å²) in [6.07, 6.45) is 2.94. The summed E-state index contributed by atoms with van der Waals surface area (Å²) in [7, 11) is 0. The summed E-state index contributed by atoms with van der Waals surface area (Å²) in [4.78, 5) is 0. The molecule has 2 aliphatic heterocycles. The van der Waals surface area contributed by atoms with Crippen LogP contribution in [0.2, 0.25) is 0 Å². The molecular weight excluding hydrogens is 160 g/mol. The molecule has 0 aromatic rings. The number of hydrogen-bond donors (Lipinski definition) is 0. The highest BCUT2D eigenvalue weighted by molar-refractivity contribution is 5.50. The Bertz CT molecular complexity index is 279. The molecule has 2 atom stereocenters. The van der Waals surface area contributed by atoms with E-state index in [-0.39, 0.29) is 0 Å².